The second kappa shape index (κ2) is 9.52. The Labute approximate surface area is 220 Å². The maximum Gasteiger partial charge on any atom is 0.254 e. The number of nitrogens with zero attached hydrogens (tertiary/aromatic N) is 4. The van der Waals surface area contributed by atoms with Crippen LogP contribution >= 0.6 is 11.6 Å². The summed E-state index contributed by atoms with van der Waals surface area (Å²) >= 11 is 6.19. The highest BCUT2D eigenvalue weighted by molar-refractivity contribution is 6.31. The van der Waals surface area contributed by atoms with Gasteiger partial charge < -0.3 is 14.8 Å². The van der Waals surface area contributed by atoms with Crippen LogP contribution in [0.5, 0.6) is 0 Å². The van der Waals surface area contributed by atoms with Crippen LogP contribution < -0.4 is 10.2 Å². The number of rotatable bonds is 6. The zero-order valence-electron chi connectivity index (χ0n) is 20.9. The van der Waals surface area contributed by atoms with Crippen LogP contribution in [-0.4, -0.2) is 33.5 Å². The van der Waals surface area contributed by atoms with Crippen molar-refractivity contribution in [2.75, 3.05) is 18.0 Å². The van der Waals surface area contributed by atoms with E-state index >= 15 is 0 Å². The van der Waals surface area contributed by atoms with Gasteiger partial charge in [0, 0.05) is 55.3 Å². The van der Waals surface area contributed by atoms with Gasteiger partial charge in [-0.3, -0.25) is 4.79 Å². The fraction of sp³-hybridized carbons (Fsp3) is 0.233. The van der Waals surface area contributed by atoms with Crippen LogP contribution in [0.1, 0.15) is 40.0 Å². The first-order chi connectivity index (χ1) is 18.0. The Morgan fingerprint density at radius 3 is 2.68 bits per heavy atom. The van der Waals surface area contributed by atoms with Crippen LogP contribution in [0.2, 0.25) is 5.02 Å². The molecule has 0 spiro atoms. The number of pyridine rings is 2. The molecule has 0 unspecified atom stereocenters. The first kappa shape index (κ1) is 23.5. The molecule has 4 heterocycles. The minimum atomic E-state index is -0.120. The third-order valence-electron chi connectivity index (χ3n) is 7.34. The number of aryl methyl sites for hydroxylation is 1. The Morgan fingerprint density at radius 2 is 1.89 bits per heavy atom. The van der Waals surface area contributed by atoms with E-state index in [0.29, 0.717) is 23.0 Å². The third-order valence-corrected chi connectivity index (χ3v) is 7.55. The second-order valence-electron chi connectivity index (χ2n) is 9.65. The van der Waals surface area contributed by atoms with Crippen LogP contribution in [0.25, 0.3) is 21.9 Å². The predicted molar refractivity (Wildman–Crippen MR) is 149 cm³/mol. The van der Waals surface area contributed by atoms with Gasteiger partial charge in [-0.2, -0.15) is 0 Å². The van der Waals surface area contributed by atoms with Gasteiger partial charge in [-0.05, 0) is 47.9 Å². The highest BCUT2D eigenvalue weighted by Crippen LogP contribution is 2.31. The van der Waals surface area contributed by atoms with Gasteiger partial charge in [-0.15, -0.1) is 0 Å². The number of anilines is 1. The van der Waals surface area contributed by atoms with Gasteiger partial charge in [0.25, 0.3) is 5.91 Å². The maximum absolute atomic E-state index is 13.3. The zero-order chi connectivity index (χ0) is 25.5. The van der Waals surface area contributed by atoms with Crippen LogP contribution in [0, 0.1) is 0 Å². The molecule has 1 saturated heterocycles. The molecule has 6 nitrogen and oxygen atoms in total. The molecule has 0 aliphatic carbocycles. The summed E-state index contributed by atoms with van der Waals surface area (Å²) in [5.41, 5.74) is 5.72. The molecule has 0 atom stereocenters. The lowest BCUT2D eigenvalue weighted by molar-refractivity contribution is 0.0951. The van der Waals surface area contributed by atoms with Gasteiger partial charge in [-0.1, -0.05) is 54.9 Å². The number of nitrogens with one attached hydrogen (secondary N) is 1. The number of benzene rings is 2. The van der Waals surface area contributed by atoms with Crippen molar-refractivity contribution >= 4 is 45.3 Å². The summed E-state index contributed by atoms with van der Waals surface area (Å²) in [6.45, 7) is 4.44. The topological polar surface area (TPSA) is 63.1 Å². The first-order valence-corrected chi connectivity index (χ1v) is 13.0. The van der Waals surface area contributed by atoms with E-state index in [9.17, 15) is 4.79 Å². The summed E-state index contributed by atoms with van der Waals surface area (Å²) in [6.07, 6.45) is 2.34. The van der Waals surface area contributed by atoms with Crippen molar-refractivity contribution in [1.29, 1.82) is 0 Å². The summed E-state index contributed by atoms with van der Waals surface area (Å²) in [6, 6.07) is 22.8. The molecule has 7 heteroatoms. The SMILES string of the molecule is CCc1c(C(=O)NCc2ccc3nc(N4CC(c5ccccc5)C4)ccc3c2)c2cc(Cl)cnc2n1C. The fourth-order valence-corrected chi connectivity index (χ4v) is 5.48. The molecule has 186 valence electrons. The van der Waals surface area contributed by atoms with Gasteiger partial charge >= 0.3 is 0 Å². The van der Waals surface area contributed by atoms with Gasteiger partial charge in [0.2, 0.25) is 0 Å². The normalized spacial score (nSPS) is 13.8. The smallest absolute Gasteiger partial charge is 0.254 e. The van der Waals surface area contributed by atoms with Crippen LogP contribution in [0.4, 0.5) is 5.82 Å². The van der Waals surface area contributed by atoms with Crippen LogP contribution in [0.3, 0.4) is 0 Å². The van der Waals surface area contributed by atoms with Crippen LogP contribution in [-0.2, 0) is 20.0 Å². The Hall–Kier alpha value is -3.90. The highest BCUT2D eigenvalue weighted by atomic mass is 35.5. The number of amides is 1. The average Bonchev–Trinajstić information content (AvgIpc) is 3.17. The quantitative estimate of drug-likeness (QED) is 0.311. The van der Waals surface area contributed by atoms with E-state index in [1.807, 2.05) is 36.7 Å². The lowest BCUT2D eigenvalue weighted by Crippen LogP contribution is -2.45. The number of halogens is 1. The summed E-state index contributed by atoms with van der Waals surface area (Å²) in [5, 5.41) is 5.45. The standard InChI is InChI=1S/C30H28ClN5O/c1-3-26-28(24-14-23(31)16-32-29(24)35(26)2)30(37)33-15-19-9-11-25-21(13-19)10-12-27(34-25)36-17-22(18-36)20-7-5-4-6-8-20/h4-14,16,22H,3,15,17-18H2,1-2H3,(H,33,37). The first-order valence-electron chi connectivity index (χ1n) is 12.6. The molecule has 1 N–H and O–H groups in total. The lowest BCUT2D eigenvalue weighted by atomic mass is 9.91. The Bertz CT molecular complexity index is 1620. The summed E-state index contributed by atoms with van der Waals surface area (Å²) < 4.78 is 1.97. The molecule has 0 saturated carbocycles. The van der Waals surface area contributed by atoms with E-state index in [-0.39, 0.29) is 5.91 Å². The molecule has 5 aromatic rings. The van der Waals surface area contributed by atoms with Crippen molar-refractivity contribution in [2.24, 2.45) is 7.05 Å². The largest absolute Gasteiger partial charge is 0.355 e. The van der Waals surface area contributed by atoms with E-state index in [1.54, 1.807) is 6.20 Å². The molecule has 1 aliphatic rings. The summed E-state index contributed by atoms with van der Waals surface area (Å²) in [5.74, 6) is 1.45. The van der Waals surface area contributed by atoms with E-state index in [0.717, 1.165) is 58.5 Å². The van der Waals surface area contributed by atoms with Crippen molar-refractivity contribution in [1.82, 2.24) is 19.9 Å². The molecular weight excluding hydrogens is 482 g/mol. The van der Waals surface area contributed by atoms with Crippen molar-refractivity contribution in [2.45, 2.75) is 25.8 Å². The van der Waals surface area contributed by atoms with E-state index in [2.05, 4.69) is 63.7 Å². The van der Waals surface area contributed by atoms with Gasteiger partial charge in [0.15, 0.2) is 0 Å². The molecule has 0 bridgehead atoms. The number of carbonyl (C=O) groups excluding carboxylic acids is 1. The molecule has 3 aromatic heterocycles. The van der Waals surface area contributed by atoms with Crippen molar-refractivity contribution in [3.63, 3.8) is 0 Å². The maximum atomic E-state index is 13.3. The molecule has 1 amide bonds. The van der Waals surface area contributed by atoms with E-state index in [1.165, 1.54) is 5.56 Å². The lowest BCUT2D eigenvalue weighted by Gasteiger charge is -2.40. The molecule has 2 aromatic carbocycles. The van der Waals surface area contributed by atoms with Gasteiger partial charge in [0.05, 0.1) is 16.1 Å². The number of carbonyl (C=O) groups is 1. The molecule has 6 rings (SSSR count). The minimum absolute atomic E-state index is 0.120. The molecule has 0 radical (unpaired) electrons. The van der Waals surface area contributed by atoms with Crippen molar-refractivity contribution in [3.8, 4) is 0 Å². The predicted octanol–water partition coefficient (Wildman–Crippen LogP) is 5.87. The van der Waals surface area contributed by atoms with Gasteiger partial charge in [-0.25, -0.2) is 9.97 Å². The van der Waals surface area contributed by atoms with Crippen molar-refractivity contribution < 1.29 is 4.79 Å². The average molecular weight is 510 g/mol. The number of hydrogen-bond donors (Lipinski definition) is 1. The summed E-state index contributed by atoms with van der Waals surface area (Å²) in [7, 11) is 1.94. The Morgan fingerprint density at radius 1 is 1.08 bits per heavy atom. The molecule has 1 fully saturated rings. The highest BCUT2D eigenvalue weighted by Gasteiger charge is 2.29. The minimum Gasteiger partial charge on any atom is -0.355 e. The molecule has 37 heavy (non-hydrogen) atoms. The fourth-order valence-electron chi connectivity index (χ4n) is 5.32. The number of fused-ring (bicyclic) bond motifs is 2. The van der Waals surface area contributed by atoms with Crippen molar-refractivity contribution in [3.05, 3.63) is 100 Å². The molecular formula is C30H28ClN5O. The Kier molecular flexibility index (Phi) is 6.05. The summed E-state index contributed by atoms with van der Waals surface area (Å²) in [4.78, 5) is 24.9. The Balaban J connectivity index is 1.16. The molecule has 1 aliphatic heterocycles. The third kappa shape index (κ3) is 4.31. The van der Waals surface area contributed by atoms with Crippen LogP contribution in [0.15, 0.2) is 72.9 Å². The monoisotopic (exact) mass is 509 g/mol. The zero-order valence-corrected chi connectivity index (χ0v) is 21.7. The van der Waals surface area contributed by atoms with E-state index in [4.69, 9.17) is 16.6 Å². The second-order valence-corrected chi connectivity index (χ2v) is 10.1. The van der Waals surface area contributed by atoms with E-state index < -0.39 is 0 Å². The number of aromatic nitrogens is 3. The van der Waals surface area contributed by atoms with Gasteiger partial charge in [0.1, 0.15) is 11.5 Å². The number of hydrogen-bond acceptors (Lipinski definition) is 4.